The van der Waals surface area contributed by atoms with Gasteiger partial charge in [-0.05, 0) is 18.1 Å². The maximum absolute atomic E-state index is 12.3. The summed E-state index contributed by atoms with van der Waals surface area (Å²) in [5.74, 6) is -0.523. The smallest absolute Gasteiger partial charge is 0.257 e. The van der Waals surface area contributed by atoms with Crippen molar-refractivity contribution in [2.45, 2.75) is 19.6 Å². The minimum absolute atomic E-state index is 0.00102. The Morgan fingerprint density at radius 1 is 1.57 bits per heavy atom. The number of hydrogen-bond acceptors (Lipinski definition) is 5. The van der Waals surface area contributed by atoms with E-state index in [1.54, 1.807) is 13.1 Å². The van der Waals surface area contributed by atoms with Gasteiger partial charge in [-0.1, -0.05) is 0 Å². The van der Waals surface area contributed by atoms with Gasteiger partial charge in [-0.3, -0.25) is 9.78 Å². The molecule has 1 aliphatic heterocycles. The van der Waals surface area contributed by atoms with Crippen molar-refractivity contribution in [1.82, 2.24) is 9.55 Å². The fraction of sp³-hybridized carbons (Fsp3) is 0.308. The molecule has 0 aromatic carbocycles. The van der Waals surface area contributed by atoms with Gasteiger partial charge in [0.25, 0.3) is 5.56 Å². The van der Waals surface area contributed by atoms with E-state index in [0.717, 1.165) is 0 Å². The van der Waals surface area contributed by atoms with Crippen molar-refractivity contribution < 1.29 is 19.9 Å². The zero-order valence-corrected chi connectivity index (χ0v) is 12.2. The minimum Gasteiger partial charge on any atom is -0.860 e. The Morgan fingerprint density at radius 2 is 2.29 bits per heavy atom. The first-order chi connectivity index (χ1) is 9.91. The van der Waals surface area contributed by atoms with E-state index >= 15 is 0 Å². The van der Waals surface area contributed by atoms with Crippen molar-refractivity contribution in [3.05, 3.63) is 43.7 Å². The van der Waals surface area contributed by atoms with Gasteiger partial charge in [0.1, 0.15) is 6.10 Å². The zero-order chi connectivity index (χ0) is 15.3. The van der Waals surface area contributed by atoms with E-state index in [1.165, 1.54) is 11.6 Å². The van der Waals surface area contributed by atoms with Crippen LogP contribution in [-0.4, -0.2) is 14.7 Å². The van der Waals surface area contributed by atoms with Crippen LogP contribution in [0.3, 0.4) is 0 Å². The van der Waals surface area contributed by atoms with Gasteiger partial charge in [0.15, 0.2) is 16.7 Å². The molecule has 3 rings (SSSR count). The van der Waals surface area contributed by atoms with Crippen LogP contribution in [0.25, 0.3) is 0 Å². The van der Waals surface area contributed by atoms with E-state index in [0.29, 0.717) is 16.8 Å². The molecule has 0 amide bonds. The standard InChI is InChI=1S/C13H13N3O4S/c1-5-9(17)7-6(3-14-5)4-20-10(7)8-11(18)15-13(21)16(2)12(8)19/h3,10,17,19H,4H2,1-2H3,(H,15,18,21). The number of aromatic amines is 2. The number of ether oxygens (including phenoxy) is 1. The predicted octanol–water partition coefficient (Wildman–Crippen LogP) is -0.0358. The third kappa shape index (κ3) is 1.95. The minimum atomic E-state index is -0.897. The molecule has 1 atom stereocenters. The molecule has 21 heavy (non-hydrogen) atoms. The van der Waals surface area contributed by atoms with Crippen molar-refractivity contribution >= 4 is 12.2 Å². The van der Waals surface area contributed by atoms with Gasteiger partial charge in [0.05, 0.1) is 17.7 Å². The molecule has 1 unspecified atom stereocenters. The number of rotatable bonds is 1. The predicted molar refractivity (Wildman–Crippen MR) is 72.3 cm³/mol. The Labute approximate surface area is 124 Å². The lowest BCUT2D eigenvalue weighted by atomic mass is 10.0. The summed E-state index contributed by atoms with van der Waals surface area (Å²) in [6, 6.07) is 0. The highest BCUT2D eigenvalue weighted by Crippen LogP contribution is 2.41. The molecular weight excluding hydrogens is 294 g/mol. The summed E-state index contributed by atoms with van der Waals surface area (Å²) in [6.45, 7) is 1.90. The maximum atomic E-state index is 12.3. The summed E-state index contributed by atoms with van der Waals surface area (Å²) in [5, 5.41) is 22.5. The normalized spacial score (nSPS) is 17.0. The first-order valence-electron chi connectivity index (χ1n) is 6.26. The Bertz CT molecular complexity index is 856. The number of fused-ring (bicyclic) bond motifs is 1. The van der Waals surface area contributed by atoms with Crippen molar-refractivity contribution in [2.24, 2.45) is 7.05 Å². The quantitative estimate of drug-likeness (QED) is 0.720. The molecule has 0 spiro atoms. The highest BCUT2D eigenvalue weighted by molar-refractivity contribution is 7.71. The molecule has 0 saturated carbocycles. The molecule has 3 N–H and O–H groups in total. The van der Waals surface area contributed by atoms with Gasteiger partial charge in [-0.25, -0.2) is 4.98 Å². The third-order valence-corrected chi connectivity index (χ3v) is 4.03. The SMILES string of the molecule is Cc1[nH+]cc2c(c1O)C(c1c([O-])n(C)c(=S)[nH]c1=O)OC2. The number of pyridine rings is 1. The average Bonchev–Trinajstić information content (AvgIpc) is 2.85. The van der Waals surface area contributed by atoms with Crippen LogP contribution in [0.1, 0.15) is 28.5 Å². The molecular formula is C13H13N3O4S. The fourth-order valence-electron chi connectivity index (χ4n) is 2.44. The van der Waals surface area contributed by atoms with Crippen LogP contribution in [0.5, 0.6) is 11.6 Å². The first kappa shape index (κ1) is 13.8. The maximum Gasteiger partial charge on any atom is 0.257 e. The van der Waals surface area contributed by atoms with E-state index in [2.05, 4.69) is 9.97 Å². The largest absolute Gasteiger partial charge is 0.860 e. The Morgan fingerprint density at radius 3 is 3.00 bits per heavy atom. The lowest BCUT2D eigenvalue weighted by molar-refractivity contribution is -0.389. The monoisotopic (exact) mass is 307 g/mol. The number of nitrogens with one attached hydrogen (secondary N) is 2. The molecule has 0 saturated heterocycles. The van der Waals surface area contributed by atoms with Gasteiger partial charge >= 0.3 is 0 Å². The van der Waals surface area contributed by atoms with Crippen LogP contribution < -0.4 is 15.6 Å². The summed E-state index contributed by atoms with van der Waals surface area (Å²) < 4.78 is 6.78. The molecule has 0 radical (unpaired) electrons. The fourth-order valence-corrected chi connectivity index (χ4v) is 2.62. The lowest BCUT2D eigenvalue weighted by Gasteiger charge is -2.21. The molecule has 2 aromatic heterocycles. The van der Waals surface area contributed by atoms with Crippen LogP contribution in [-0.2, 0) is 18.4 Å². The molecule has 0 fully saturated rings. The van der Waals surface area contributed by atoms with Crippen molar-refractivity contribution in [1.29, 1.82) is 0 Å². The summed E-state index contributed by atoms with van der Waals surface area (Å²) >= 11 is 4.90. The van der Waals surface area contributed by atoms with Gasteiger partial charge < -0.3 is 19.5 Å². The highest BCUT2D eigenvalue weighted by Gasteiger charge is 2.34. The Balaban J connectivity index is 2.28. The summed E-state index contributed by atoms with van der Waals surface area (Å²) in [6.07, 6.45) is 0.802. The summed E-state index contributed by atoms with van der Waals surface area (Å²) in [4.78, 5) is 17.4. The van der Waals surface area contributed by atoms with E-state index in [4.69, 9.17) is 17.0 Å². The summed E-state index contributed by atoms with van der Waals surface area (Å²) in [7, 11) is 1.48. The second kappa shape index (κ2) is 4.68. The number of hydrogen-bond donors (Lipinski definition) is 2. The molecule has 7 nitrogen and oxygen atoms in total. The highest BCUT2D eigenvalue weighted by atomic mass is 32.1. The molecule has 1 aliphatic rings. The average molecular weight is 307 g/mol. The second-order valence-electron chi connectivity index (χ2n) is 4.93. The van der Waals surface area contributed by atoms with Crippen molar-refractivity contribution in [3.8, 4) is 11.6 Å². The molecule has 2 aromatic rings. The van der Waals surface area contributed by atoms with E-state index in [9.17, 15) is 15.0 Å². The third-order valence-electron chi connectivity index (χ3n) is 3.65. The van der Waals surface area contributed by atoms with Crippen LogP contribution in [0.15, 0.2) is 11.0 Å². The zero-order valence-electron chi connectivity index (χ0n) is 11.4. The van der Waals surface area contributed by atoms with Gasteiger partial charge in [0, 0.05) is 19.5 Å². The number of aryl methyl sites for hydroxylation is 1. The summed E-state index contributed by atoms with van der Waals surface area (Å²) in [5.41, 5.74) is 1.03. The number of aromatic nitrogens is 3. The van der Waals surface area contributed by atoms with Crippen LogP contribution in [0.2, 0.25) is 0 Å². The van der Waals surface area contributed by atoms with Gasteiger partial charge in [-0.2, -0.15) is 0 Å². The number of nitrogens with zero attached hydrogens (tertiary/aromatic N) is 1. The van der Waals surface area contributed by atoms with E-state index < -0.39 is 17.5 Å². The van der Waals surface area contributed by atoms with E-state index in [-0.39, 0.29) is 22.7 Å². The molecule has 8 heteroatoms. The van der Waals surface area contributed by atoms with Crippen molar-refractivity contribution in [2.75, 3.05) is 0 Å². The molecule has 0 bridgehead atoms. The molecule has 0 aliphatic carbocycles. The lowest BCUT2D eigenvalue weighted by Crippen LogP contribution is -2.25. The van der Waals surface area contributed by atoms with E-state index in [1.807, 2.05) is 0 Å². The van der Waals surface area contributed by atoms with Gasteiger partial charge in [0.2, 0.25) is 5.69 Å². The van der Waals surface area contributed by atoms with Crippen LogP contribution in [0, 0.1) is 11.7 Å². The second-order valence-corrected chi connectivity index (χ2v) is 5.32. The Kier molecular flexibility index (Phi) is 3.07. The van der Waals surface area contributed by atoms with Crippen LogP contribution in [0.4, 0.5) is 0 Å². The number of H-pyrrole nitrogens is 2. The number of aromatic hydroxyl groups is 1. The Hall–Kier alpha value is -2.19. The van der Waals surface area contributed by atoms with Crippen LogP contribution >= 0.6 is 12.2 Å². The first-order valence-corrected chi connectivity index (χ1v) is 6.67. The molecule has 110 valence electrons. The van der Waals surface area contributed by atoms with Crippen molar-refractivity contribution in [3.63, 3.8) is 0 Å². The topological polar surface area (TPSA) is 104 Å². The van der Waals surface area contributed by atoms with Gasteiger partial charge in [-0.15, -0.1) is 0 Å². The molecule has 3 heterocycles.